The van der Waals surface area contributed by atoms with Gasteiger partial charge in [0.1, 0.15) is 0 Å². The quantitative estimate of drug-likeness (QED) is 0.615. The van der Waals surface area contributed by atoms with E-state index in [0.29, 0.717) is 0 Å². The zero-order valence-corrected chi connectivity index (χ0v) is 10.9. The van der Waals surface area contributed by atoms with Crippen LogP contribution in [0.4, 0.5) is 14.5 Å². The molecule has 3 nitrogen and oxygen atoms in total. The molecule has 1 aromatic carbocycles. The molecule has 1 saturated heterocycles. The van der Waals surface area contributed by atoms with E-state index in [1.807, 2.05) is 27.7 Å². The monoisotopic (exact) mass is 255 g/mol. The predicted octanol–water partition coefficient (Wildman–Crippen LogP) is 1.85. The highest BCUT2D eigenvalue weighted by Crippen LogP contribution is 2.36. The lowest BCUT2D eigenvalue weighted by Gasteiger charge is -2.32. The number of rotatable bonds is 1. The Morgan fingerprint density at radius 3 is 2.06 bits per heavy atom. The molecule has 1 fully saturated rings. The maximum Gasteiger partial charge on any atom is 0.498 e. The zero-order chi connectivity index (χ0) is 13.7. The molecular weight excluding hydrogens is 239 g/mol. The molecule has 0 spiro atoms. The van der Waals surface area contributed by atoms with Gasteiger partial charge in [-0.2, -0.15) is 0 Å². The van der Waals surface area contributed by atoms with Crippen molar-refractivity contribution >= 4 is 18.3 Å². The van der Waals surface area contributed by atoms with Crippen LogP contribution in [0, 0.1) is 11.6 Å². The number of hydrogen-bond donors (Lipinski definition) is 1. The Bertz CT molecular complexity index is 475. The van der Waals surface area contributed by atoms with Crippen LogP contribution in [0.2, 0.25) is 0 Å². The van der Waals surface area contributed by atoms with E-state index in [9.17, 15) is 8.78 Å². The average molecular weight is 255 g/mol. The second-order valence-electron chi connectivity index (χ2n) is 5.49. The van der Waals surface area contributed by atoms with E-state index in [1.54, 1.807) is 0 Å². The van der Waals surface area contributed by atoms with Gasteiger partial charge in [-0.15, -0.1) is 0 Å². The highest BCUT2D eigenvalue weighted by molar-refractivity contribution is 6.62. The fraction of sp³-hybridized carbons (Fsp3) is 0.500. The molecule has 18 heavy (non-hydrogen) atoms. The van der Waals surface area contributed by atoms with E-state index in [1.165, 1.54) is 6.07 Å². The van der Waals surface area contributed by atoms with Gasteiger partial charge in [-0.1, -0.05) is 0 Å². The van der Waals surface area contributed by atoms with Gasteiger partial charge in [0.15, 0.2) is 11.6 Å². The van der Waals surface area contributed by atoms with Crippen molar-refractivity contribution in [2.24, 2.45) is 0 Å². The zero-order valence-electron chi connectivity index (χ0n) is 10.9. The Morgan fingerprint density at radius 1 is 1.06 bits per heavy atom. The van der Waals surface area contributed by atoms with Crippen LogP contribution >= 0.6 is 0 Å². The third-order valence-corrected chi connectivity index (χ3v) is 3.59. The molecule has 0 saturated carbocycles. The van der Waals surface area contributed by atoms with Gasteiger partial charge in [-0.05, 0) is 39.8 Å². The Morgan fingerprint density at radius 2 is 1.56 bits per heavy atom. The molecule has 0 radical (unpaired) electrons. The lowest BCUT2D eigenvalue weighted by molar-refractivity contribution is 0.00578. The summed E-state index contributed by atoms with van der Waals surface area (Å²) in [5, 5.41) is 0. The Labute approximate surface area is 105 Å². The molecule has 0 bridgehead atoms. The second-order valence-corrected chi connectivity index (χ2v) is 5.49. The number of halogens is 2. The van der Waals surface area contributed by atoms with Crippen molar-refractivity contribution in [2.45, 2.75) is 38.9 Å². The molecule has 2 N–H and O–H groups in total. The molecule has 0 unspecified atom stereocenters. The average Bonchev–Trinajstić information content (AvgIpc) is 2.42. The van der Waals surface area contributed by atoms with Crippen molar-refractivity contribution < 1.29 is 18.1 Å². The molecule has 0 atom stereocenters. The van der Waals surface area contributed by atoms with Crippen LogP contribution in [-0.2, 0) is 9.31 Å². The summed E-state index contributed by atoms with van der Waals surface area (Å²) in [7, 11) is -0.951. The van der Waals surface area contributed by atoms with Gasteiger partial charge >= 0.3 is 7.12 Å². The molecule has 1 aliphatic heterocycles. The summed E-state index contributed by atoms with van der Waals surface area (Å²) >= 11 is 0. The minimum absolute atomic E-state index is 0.00819. The van der Waals surface area contributed by atoms with Crippen molar-refractivity contribution in [3.05, 3.63) is 23.8 Å². The van der Waals surface area contributed by atoms with Gasteiger partial charge in [0.05, 0.1) is 11.2 Å². The van der Waals surface area contributed by atoms with Crippen molar-refractivity contribution in [3.8, 4) is 0 Å². The van der Waals surface area contributed by atoms with Crippen LogP contribution < -0.4 is 11.2 Å². The maximum absolute atomic E-state index is 13.7. The summed E-state index contributed by atoms with van der Waals surface area (Å²) in [6, 6.07) is 2.27. The third-order valence-electron chi connectivity index (χ3n) is 3.59. The van der Waals surface area contributed by atoms with Crippen molar-refractivity contribution in [1.29, 1.82) is 0 Å². The van der Waals surface area contributed by atoms with Crippen molar-refractivity contribution in [2.75, 3.05) is 5.73 Å². The second kappa shape index (κ2) is 3.93. The lowest BCUT2D eigenvalue weighted by atomic mass is 9.78. The number of nitrogens with two attached hydrogens (primary N) is 1. The molecule has 0 amide bonds. The molecule has 1 aromatic rings. The van der Waals surface area contributed by atoms with E-state index in [2.05, 4.69) is 0 Å². The first-order valence-corrected chi connectivity index (χ1v) is 5.74. The first-order valence-electron chi connectivity index (χ1n) is 5.74. The van der Waals surface area contributed by atoms with Crippen LogP contribution in [0.1, 0.15) is 27.7 Å². The molecule has 1 aliphatic rings. The molecule has 1 heterocycles. The van der Waals surface area contributed by atoms with Gasteiger partial charge in [-0.25, -0.2) is 8.78 Å². The van der Waals surface area contributed by atoms with Crippen LogP contribution in [-0.4, -0.2) is 18.3 Å². The van der Waals surface area contributed by atoms with E-state index >= 15 is 0 Å². The van der Waals surface area contributed by atoms with Crippen LogP contribution in [0.25, 0.3) is 0 Å². The van der Waals surface area contributed by atoms with E-state index in [4.69, 9.17) is 15.0 Å². The highest BCUT2D eigenvalue weighted by atomic mass is 19.2. The molecule has 6 heteroatoms. The fourth-order valence-electron chi connectivity index (χ4n) is 1.77. The Kier molecular flexibility index (Phi) is 2.90. The van der Waals surface area contributed by atoms with Gasteiger partial charge in [0.25, 0.3) is 0 Å². The van der Waals surface area contributed by atoms with Gasteiger partial charge < -0.3 is 15.0 Å². The topological polar surface area (TPSA) is 44.5 Å². The standard InChI is InChI=1S/C12H16BF2NO2/c1-11(2)12(3,4)18-13(17-11)8-5-7(16)6-9(14)10(8)15/h5-6H,16H2,1-4H3. The number of anilines is 1. The number of hydrogen-bond acceptors (Lipinski definition) is 3. The minimum Gasteiger partial charge on any atom is -0.399 e. The molecule has 98 valence electrons. The van der Waals surface area contributed by atoms with Gasteiger partial charge in [0, 0.05) is 11.2 Å². The van der Waals surface area contributed by atoms with E-state index in [0.717, 1.165) is 6.07 Å². The third kappa shape index (κ3) is 1.99. The first kappa shape index (κ1) is 13.3. The number of nitrogen functional groups attached to an aromatic ring is 1. The van der Waals surface area contributed by atoms with Crippen LogP contribution in [0.3, 0.4) is 0 Å². The minimum atomic E-state index is -1.00. The molecule has 2 rings (SSSR count). The highest BCUT2D eigenvalue weighted by Gasteiger charge is 2.52. The Hall–Kier alpha value is -1.14. The van der Waals surface area contributed by atoms with Crippen LogP contribution in [0.5, 0.6) is 0 Å². The van der Waals surface area contributed by atoms with Gasteiger partial charge in [-0.3, -0.25) is 0 Å². The summed E-state index contributed by atoms with van der Waals surface area (Å²) in [6.07, 6.45) is 0. The Balaban J connectivity index is 2.41. The summed E-state index contributed by atoms with van der Waals surface area (Å²) in [4.78, 5) is 0. The lowest BCUT2D eigenvalue weighted by Crippen LogP contribution is -2.41. The first-order chi connectivity index (χ1) is 8.14. The fourth-order valence-corrected chi connectivity index (χ4v) is 1.77. The molecular formula is C12H16BF2NO2. The SMILES string of the molecule is CC1(C)OB(c2cc(N)cc(F)c2F)OC1(C)C. The molecule has 0 aliphatic carbocycles. The largest absolute Gasteiger partial charge is 0.498 e. The number of benzene rings is 1. The maximum atomic E-state index is 13.7. The van der Waals surface area contributed by atoms with Crippen molar-refractivity contribution in [3.63, 3.8) is 0 Å². The van der Waals surface area contributed by atoms with E-state index < -0.39 is 30.0 Å². The summed E-state index contributed by atoms with van der Waals surface area (Å²) < 4.78 is 38.4. The van der Waals surface area contributed by atoms with Gasteiger partial charge in [0.2, 0.25) is 0 Å². The summed E-state index contributed by atoms with van der Waals surface area (Å²) in [5.41, 5.74) is 4.43. The predicted molar refractivity (Wildman–Crippen MR) is 66.5 cm³/mol. The van der Waals surface area contributed by atoms with Crippen LogP contribution in [0.15, 0.2) is 12.1 Å². The normalized spacial score (nSPS) is 21.3. The summed E-state index contributed by atoms with van der Waals surface area (Å²) in [6.45, 7) is 7.36. The van der Waals surface area contributed by atoms with E-state index in [-0.39, 0.29) is 11.2 Å². The summed E-state index contributed by atoms with van der Waals surface area (Å²) in [5.74, 6) is -1.98. The van der Waals surface area contributed by atoms with Crippen molar-refractivity contribution in [1.82, 2.24) is 0 Å². The smallest absolute Gasteiger partial charge is 0.399 e. The molecule has 0 aromatic heterocycles.